The molecule has 0 fully saturated rings. The molecular formula is C54H35N3. The third-order valence-corrected chi connectivity index (χ3v) is 11.9. The van der Waals surface area contributed by atoms with Crippen molar-refractivity contribution in [2.24, 2.45) is 0 Å². The summed E-state index contributed by atoms with van der Waals surface area (Å²) in [6.07, 6.45) is 0. The van der Waals surface area contributed by atoms with Crippen LogP contribution in [-0.4, -0.2) is 14.1 Å². The molecule has 57 heavy (non-hydrogen) atoms. The fraction of sp³-hybridized carbons (Fsp3) is 0. The highest BCUT2D eigenvalue weighted by atomic mass is 15.0. The van der Waals surface area contributed by atoms with Gasteiger partial charge in [-0.25, -0.2) is 0 Å². The van der Waals surface area contributed by atoms with Crippen molar-refractivity contribution in [2.45, 2.75) is 0 Å². The van der Waals surface area contributed by atoms with Gasteiger partial charge in [0.2, 0.25) is 0 Å². The Bertz CT molecular complexity index is 3440. The first-order valence-corrected chi connectivity index (χ1v) is 19.6. The molecule has 12 rings (SSSR count). The van der Waals surface area contributed by atoms with Gasteiger partial charge in [-0.3, -0.25) is 0 Å². The van der Waals surface area contributed by atoms with E-state index in [1.807, 2.05) is 0 Å². The van der Waals surface area contributed by atoms with Crippen LogP contribution in [0.3, 0.4) is 0 Å². The van der Waals surface area contributed by atoms with Crippen LogP contribution in [0.1, 0.15) is 0 Å². The standard InChI is InChI=1S/C54H35N3/c1-2-12-40(13-3-1)56-52-21-11-7-17-45(52)47-32-38(28-31-53(47)56)35-22-24-37(25-23-35)46-33-39(34-48-42-14-4-8-18-49(42)55-54(46)48)36-26-29-41(30-27-36)57-50-19-9-5-15-43(50)44-16-6-10-20-51(44)57/h1-34,55H. The summed E-state index contributed by atoms with van der Waals surface area (Å²) in [5.41, 5.74) is 16.7. The van der Waals surface area contributed by atoms with E-state index >= 15 is 0 Å². The third-order valence-electron chi connectivity index (χ3n) is 11.9. The van der Waals surface area contributed by atoms with Gasteiger partial charge >= 0.3 is 0 Å². The topological polar surface area (TPSA) is 25.6 Å². The number of para-hydroxylation sites is 5. The number of hydrogen-bond donors (Lipinski definition) is 1. The summed E-state index contributed by atoms with van der Waals surface area (Å²) in [5, 5.41) is 7.53. The van der Waals surface area contributed by atoms with E-state index in [-0.39, 0.29) is 0 Å². The van der Waals surface area contributed by atoms with Gasteiger partial charge in [-0.05, 0) is 101 Å². The van der Waals surface area contributed by atoms with Crippen LogP contribution in [-0.2, 0) is 0 Å². The molecule has 3 heteroatoms. The number of H-pyrrole nitrogens is 1. The summed E-state index contributed by atoms with van der Waals surface area (Å²) in [6, 6.07) is 75.1. The Morgan fingerprint density at radius 1 is 0.281 bits per heavy atom. The van der Waals surface area contributed by atoms with Gasteiger partial charge in [0, 0.05) is 54.8 Å². The Hall–Kier alpha value is -7.62. The van der Waals surface area contributed by atoms with Crippen molar-refractivity contribution in [2.75, 3.05) is 0 Å². The van der Waals surface area contributed by atoms with Crippen molar-refractivity contribution < 1.29 is 0 Å². The van der Waals surface area contributed by atoms with E-state index in [1.165, 1.54) is 93.5 Å². The van der Waals surface area contributed by atoms with Crippen molar-refractivity contribution in [1.82, 2.24) is 14.1 Å². The lowest BCUT2D eigenvalue weighted by atomic mass is 9.94. The summed E-state index contributed by atoms with van der Waals surface area (Å²) >= 11 is 0. The van der Waals surface area contributed by atoms with Gasteiger partial charge in [-0.2, -0.15) is 0 Å². The van der Waals surface area contributed by atoms with Gasteiger partial charge in [0.15, 0.2) is 0 Å². The molecule has 0 unspecified atom stereocenters. The smallest absolute Gasteiger partial charge is 0.0544 e. The van der Waals surface area contributed by atoms with Crippen LogP contribution in [0, 0.1) is 0 Å². The second-order valence-electron chi connectivity index (χ2n) is 15.0. The molecule has 0 radical (unpaired) electrons. The Labute approximate surface area is 329 Å². The molecule has 3 nitrogen and oxygen atoms in total. The van der Waals surface area contributed by atoms with Crippen LogP contribution in [0.2, 0.25) is 0 Å². The summed E-state index contributed by atoms with van der Waals surface area (Å²) in [4.78, 5) is 3.78. The zero-order chi connectivity index (χ0) is 37.5. The van der Waals surface area contributed by atoms with Crippen LogP contribution in [0.5, 0.6) is 0 Å². The molecular weight excluding hydrogens is 691 g/mol. The Kier molecular flexibility index (Phi) is 6.93. The van der Waals surface area contributed by atoms with Crippen molar-refractivity contribution in [3.8, 4) is 44.8 Å². The van der Waals surface area contributed by atoms with E-state index < -0.39 is 0 Å². The summed E-state index contributed by atoms with van der Waals surface area (Å²) in [6.45, 7) is 0. The first-order valence-electron chi connectivity index (χ1n) is 19.6. The van der Waals surface area contributed by atoms with Gasteiger partial charge in [-0.15, -0.1) is 0 Å². The number of aromatic amines is 1. The second kappa shape index (κ2) is 12.5. The molecule has 0 saturated heterocycles. The van der Waals surface area contributed by atoms with Crippen LogP contribution in [0.4, 0.5) is 0 Å². The number of hydrogen-bond acceptors (Lipinski definition) is 0. The minimum absolute atomic E-state index is 1.15. The predicted molar refractivity (Wildman–Crippen MR) is 241 cm³/mol. The highest BCUT2D eigenvalue weighted by Gasteiger charge is 2.17. The van der Waals surface area contributed by atoms with E-state index in [1.54, 1.807) is 0 Å². The molecule has 0 aliphatic heterocycles. The molecule has 0 saturated carbocycles. The van der Waals surface area contributed by atoms with Gasteiger partial charge in [0.05, 0.1) is 27.6 Å². The number of rotatable bonds is 5. The van der Waals surface area contributed by atoms with E-state index in [2.05, 4.69) is 220 Å². The molecule has 1 N–H and O–H groups in total. The highest BCUT2D eigenvalue weighted by Crippen LogP contribution is 2.40. The van der Waals surface area contributed by atoms with E-state index in [0.29, 0.717) is 0 Å². The first kappa shape index (κ1) is 31.7. The lowest BCUT2D eigenvalue weighted by Gasteiger charge is -2.12. The molecule has 12 aromatic rings. The van der Waals surface area contributed by atoms with E-state index in [4.69, 9.17) is 0 Å². The van der Waals surface area contributed by atoms with Gasteiger partial charge in [-0.1, -0.05) is 133 Å². The van der Waals surface area contributed by atoms with Crippen LogP contribution in [0.25, 0.3) is 110 Å². The van der Waals surface area contributed by atoms with Crippen LogP contribution in [0.15, 0.2) is 206 Å². The normalized spacial score (nSPS) is 11.9. The van der Waals surface area contributed by atoms with Crippen molar-refractivity contribution >= 4 is 65.4 Å². The Morgan fingerprint density at radius 2 is 0.737 bits per heavy atom. The van der Waals surface area contributed by atoms with Gasteiger partial charge in [0.1, 0.15) is 0 Å². The largest absolute Gasteiger partial charge is 0.354 e. The molecule has 9 aromatic carbocycles. The Balaban J connectivity index is 0.960. The van der Waals surface area contributed by atoms with E-state index in [0.717, 1.165) is 16.7 Å². The highest BCUT2D eigenvalue weighted by molar-refractivity contribution is 6.14. The fourth-order valence-corrected chi connectivity index (χ4v) is 9.20. The molecule has 0 spiro atoms. The van der Waals surface area contributed by atoms with Crippen molar-refractivity contribution in [3.05, 3.63) is 206 Å². The number of nitrogens with one attached hydrogen (secondary N) is 1. The average Bonchev–Trinajstić information content (AvgIpc) is 3.94. The molecule has 0 aliphatic rings. The van der Waals surface area contributed by atoms with Gasteiger partial charge in [0.25, 0.3) is 0 Å². The molecule has 0 bridgehead atoms. The Morgan fingerprint density at radius 3 is 1.40 bits per heavy atom. The molecule has 0 atom stereocenters. The molecule has 0 aliphatic carbocycles. The third kappa shape index (κ3) is 4.92. The lowest BCUT2D eigenvalue weighted by molar-refractivity contribution is 1.18. The maximum absolute atomic E-state index is 3.78. The van der Waals surface area contributed by atoms with E-state index in [9.17, 15) is 0 Å². The number of fused-ring (bicyclic) bond motifs is 9. The maximum Gasteiger partial charge on any atom is 0.0544 e. The quantitative estimate of drug-likeness (QED) is 0.183. The molecule has 3 heterocycles. The predicted octanol–water partition coefficient (Wildman–Crippen LogP) is 14.5. The van der Waals surface area contributed by atoms with Crippen LogP contribution < -0.4 is 0 Å². The minimum atomic E-state index is 1.15. The summed E-state index contributed by atoms with van der Waals surface area (Å²) < 4.78 is 4.75. The summed E-state index contributed by atoms with van der Waals surface area (Å²) in [7, 11) is 0. The number of aromatic nitrogens is 3. The number of benzene rings is 9. The van der Waals surface area contributed by atoms with Crippen LogP contribution >= 0.6 is 0 Å². The fourth-order valence-electron chi connectivity index (χ4n) is 9.20. The molecule has 0 amide bonds. The monoisotopic (exact) mass is 725 g/mol. The first-order chi connectivity index (χ1) is 28.3. The zero-order valence-corrected chi connectivity index (χ0v) is 31.0. The minimum Gasteiger partial charge on any atom is -0.354 e. The second-order valence-corrected chi connectivity index (χ2v) is 15.0. The maximum atomic E-state index is 3.78. The summed E-state index contributed by atoms with van der Waals surface area (Å²) in [5.74, 6) is 0. The SMILES string of the molecule is c1ccc(-n2c3ccccc3c3cc(-c4ccc(-c5cc(-c6ccc(-n7c8ccccc8c8ccccc87)cc6)cc6c5[nH]c5ccccc56)cc4)ccc32)cc1. The molecule has 266 valence electrons. The average molecular weight is 726 g/mol. The number of nitrogens with zero attached hydrogens (tertiary/aromatic N) is 2. The van der Waals surface area contributed by atoms with Crippen molar-refractivity contribution in [1.29, 1.82) is 0 Å². The lowest BCUT2D eigenvalue weighted by Crippen LogP contribution is -1.93. The zero-order valence-electron chi connectivity index (χ0n) is 31.0. The van der Waals surface area contributed by atoms with Crippen molar-refractivity contribution in [3.63, 3.8) is 0 Å². The molecule has 3 aromatic heterocycles. The van der Waals surface area contributed by atoms with Gasteiger partial charge < -0.3 is 14.1 Å².